The van der Waals surface area contributed by atoms with Gasteiger partial charge in [0.15, 0.2) is 0 Å². The molecule has 0 aliphatic rings. The molecule has 5 heteroatoms. The van der Waals surface area contributed by atoms with Crippen LogP contribution >= 0.6 is 0 Å². The molecular weight excluding hydrogens is 172 g/mol. The van der Waals surface area contributed by atoms with Gasteiger partial charge in [-0.2, -0.15) is 0 Å². The molecule has 0 saturated carbocycles. The lowest BCUT2D eigenvalue weighted by Crippen LogP contribution is -2.13. The summed E-state index contributed by atoms with van der Waals surface area (Å²) in [4.78, 5) is 23.2. The first-order valence-electron chi connectivity index (χ1n) is 3.93. The molecule has 0 aromatic carbocycles. The van der Waals surface area contributed by atoms with E-state index in [1.165, 1.54) is 6.07 Å². The van der Waals surface area contributed by atoms with Crippen LogP contribution in [0.1, 0.15) is 18.2 Å². The van der Waals surface area contributed by atoms with Gasteiger partial charge in [-0.1, -0.05) is 6.92 Å². The van der Waals surface area contributed by atoms with Gasteiger partial charge >= 0.3 is 11.2 Å². The smallest absolute Gasteiger partial charge is 0.320 e. The number of nitrogens with one attached hydrogen (secondary N) is 1. The Morgan fingerprint density at radius 2 is 2.23 bits per heavy atom. The maximum atomic E-state index is 11.1. The minimum Gasteiger partial charge on any atom is -0.320 e. The van der Waals surface area contributed by atoms with Crippen molar-refractivity contribution in [1.29, 1.82) is 0 Å². The lowest BCUT2D eigenvalue weighted by Gasteiger charge is -2.00. The number of rotatable bonds is 2. The number of pyridine rings is 1. The van der Waals surface area contributed by atoms with Crippen molar-refractivity contribution in [1.82, 2.24) is 4.98 Å². The summed E-state index contributed by atoms with van der Waals surface area (Å²) in [5, 5.41) is 10.4. The molecule has 0 aliphatic carbocycles. The molecule has 1 heterocycles. The number of hydrogen-bond donors (Lipinski definition) is 1. The highest BCUT2D eigenvalue weighted by Gasteiger charge is 2.13. The number of hydrogen-bond acceptors (Lipinski definition) is 3. The molecule has 5 nitrogen and oxygen atoms in total. The van der Waals surface area contributed by atoms with Gasteiger partial charge in [-0.3, -0.25) is 14.9 Å². The van der Waals surface area contributed by atoms with Crippen LogP contribution < -0.4 is 5.56 Å². The van der Waals surface area contributed by atoms with Gasteiger partial charge in [0.25, 0.3) is 0 Å². The van der Waals surface area contributed by atoms with E-state index in [9.17, 15) is 14.9 Å². The Hall–Kier alpha value is -1.65. The van der Waals surface area contributed by atoms with E-state index in [1.807, 2.05) is 6.92 Å². The van der Waals surface area contributed by atoms with Crippen molar-refractivity contribution < 1.29 is 4.92 Å². The van der Waals surface area contributed by atoms with Gasteiger partial charge in [0, 0.05) is 11.8 Å². The molecule has 70 valence electrons. The highest BCUT2D eigenvalue weighted by Crippen LogP contribution is 2.10. The van der Waals surface area contributed by atoms with Crippen molar-refractivity contribution in [3.8, 4) is 0 Å². The Bertz CT molecular complexity index is 395. The van der Waals surface area contributed by atoms with Gasteiger partial charge in [-0.15, -0.1) is 0 Å². The molecule has 1 aromatic heterocycles. The second-order valence-electron chi connectivity index (χ2n) is 2.74. The highest BCUT2D eigenvalue weighted by molar-refractivity contribution is 5.33. The van der Waals surface area contributed by atoms with Gasteiger partial charge in [0.2, 0.25) is 0 Å². The van der Waals surface area contributed by atoms with E-state index >= 15 is 0 Å². The summed E-state index contributed by atoms with van der Waals surface area (Å²) in [7, 11) is 0. The second-order valence-corrected chi connectivity index (χ2v) is 2.74. The largest absolute Gasteiger partial charge is 0.334 e. The lowest BCUT2D eigenvalue weighted by molar-refractivity contribution is -0.386. The second kappa shape index (κ2) is 3.38. The molecular formula is C8H10N2O3. The molecule has 0 amide bonds. The van der Waals surface area contributed by atoms with Gasteiger partial charge < -0.3 is 4.98 Å². The average Bonchev–Trinajstić information content (AvgIpc) is 2.03. The molecule has 0 fully saturated rings. The third kappa shape index (κ3) is 1.74. The monoisotopic (exact) mass is 182 g/mol. The van der Waals surface area contributed by atoms with Crippen LogP contribution in [-0.2, 0) is 6.42 Å². The Labute approximate surface area is 74.6 Å². The number of H-pyrrole nitrogens is 1. The van der Waals surface area contributed by atoms with Crippen LogP contribution in [0.2, 0.25) is 0 Å². The van der Waals surface area contributed by atoms with Crippen LogP contribution in [0, 0.1) is 17.0 Å². The van der Waals surface area contributed by atoms with Crippen molar-refractivity contribution in [2.45, 2.75) is 20.3 Å². The van der Waals surface area contributed by atoms with E-state index in [2.05, 4.69) is 4.98 Å². The molecule has 0 bridgehead atoms. The van der Waals surface area contributed by atoms with Crippen LogP contribution in [0.25, 0.3) is 0 Å². The summed E-state index contributed by atoms with van der Waals surface area (Å²) in [6.45, 7) is 3.61. The molecule has 13 heavy (non-hydrogen) atoms. The molecule has 0 aliphatic heterocycles. The van der Waals surface area contributed by atoms with Crippen LogP contribution in [0.15, 0.2) is 10.9 Å². The average molecular weight is 182 g/mol. The van der Waals surface area contributed by atoms with Crippen molar-refractivity contribution >= 4 is 5.69 Å². The van der Waals surface area contributed by atoms with Crippen LogP contribution in [-0.4, -0.2) is 9.91 Å². The molecule has 0 spiro atoms. The third-order valence-corrected chi connectivity index (χ3v) is 1.90. The first-order valence-corrected chi connectivity index (χ1v) is 3.93. The normalized spacial score (nSPS) is 10.0. The summed E-state index contributed by atoms with van der Waals surface area (Å²) in [6.07, 6.45) is 0.670. The third-order valence-electron chi connectivity index (χ3n) is 1.90. The summed E-state index contributed by atoms with van der Waals surface area (Å²) >= 11 is 0. The topological polar surface area (TPSA) is 76.0 Å². The van der Waals surface area contributed by atoms with Crippen LogP contribution in [0.3, 0.4) is 0 Å². The van der Waals surface area contributed by atoms with Gasteiger partial charge in [0.05, 0.1) is 4.92 Å². The number of nitrogens with zero attached hydrogens (tertiary/aromatic N) is 1. The minimum absolute atomic E-state index is 0.387. The van der Waals surface area contributed by atoms with Gasteiger partial charge in [-0.05, 0) is 18.9 Å². The Balaban J connectivity index is 3.39. The van der Waals surface area contributed by atoms with E-state index in [-0.39, 0.29) is 5.69 Å². The Kier molecular flexibility index (Phi) is 2.46. The zero-order valence-electron chi connectivity index (χ0n) is 7.46. The van der Waals surface area contributed by atoms with E-state index < -0.39 is 10.5 Å². The Morgan fingerprint density at radius 1 is 1.62 bits per heavy atom. The van der Waals surface area contributed by atoms with Crippen molar-refractivity contribution in [2.24, 2.45) is 0 Å². The number of aryl methyl sites for hydroxylation is 2. The van der Waals surface area contributed by atoms with E-state index in [1.54, 1.807) is 6.92 Å². The SMILES string of the molecule is CCc1cc([N+](=O)[O-])c(=O)[nH]c1C. The number of aromatic nitrogens is 1. The summed E-state index contributed by atoms with van der Waals surface area (Å²) in [5.74, 6) is 0. The maximum Gasteiger partial charge on any atom is 0.334 e. The first-order chi connectivity index (χ1) is 6.06. The fraction of sp³-hybridized carbons (Fsp3) is 0.375. The van der Waals surface area contributed by atoms with Crippen LogP contribution in [0.5, 0.6) is 0 Å². The molecule has 1 N–H and O–H groups in total. The van der Waals surface area contributed by atoms with Crippen molar-refractivity contribution in [3.63, 3.8) is 0 Å². The summed E-state index contributed by atoms with van der Waals surface area (Å²) < 4.78 is 0. The van der Waals surface area contributed by atoms with Gasteiger partial charge in [0.1, 0.15) is 0 Å². The zero-order valence-corrected chi connectivity index (χ0v) is 7.46. The summed E-state index contributed by atoms with van der Waals surface area (Å²) in [6, 6.07) is 1.33. The number of aromatic amines is 1. The van der Waals surface area contributed by atoms with E-state index in [0.29, 0.717) is 12.1 Å². The maximum absolute atomic E-state index is 11.1. The van der Waals surface area contributed by atoms with Gasteiger partial charge in [-0.25, -0.2) is 0 Å². The Morgan fingerprint density at radius 3 is 2.69 bits per heavy atom. The predicted octanol–water partition coefficient (Wildman–Crippen LogP) is 1.15. The first kappa shape index (κ1) is 9.44. The van der Waals surface area contributed by atoms with Crippen LogP contribution in [0.4, 0.5) is 5.69 Å². The summed E-state index contributed by atoms with van der Waals surface area (Å²) in [5.41, 5.74) is 0.464. The van der Waals surface area contributed by atoms with E-state index in [4.69, 9.17) is 0 Å². The zero-order chi connectivity index (χ0) is 10.0. The number of nitro groups is 1. The fourth-order valence-corrected chi connectivity index (χ4v) is 1.16. The highest BCUT2D eigenvalue weighted by atomic mass is 16.6. The molecule has 0 saturated heterocycles. The standard InChI is InChI=1S/C8H10N2O3/c1-3-6-4-7(10(12)13)8(11)9-5(6)2/h4H,3H2,1-2H3,(H,9,11). The lowest BCUT2D eigenvalue weighted by atomic mass is 10.1. The fourth-order valence-electron chi connectivity index (χ4n) is 1.16. The molecule has 0 radical (unpaired) electrons. The molecule has 1 rings (SSSR count). The quantitative estimate of drug-likeness (QED) is 0.550. The van der Waals surface area contributed by atoms with Crippen molar-refractivity contribution in [3.05, 3.63) is 37.8 Å². The van der Waals surface area contributed by atoms with Crippen molar-refractivity contribution in [2.75, 3.05) is 0 Å². The minimum atomic E-state index is -0.669. The predicted molar refractivity (Wildman–Crippen MR) is 47.8 cm³/mol. The van der Waals surface area contributed by atoms with E-state index in [0.717, 1.165) is 5.56 Å². The molecule has 1 aromatic rings. The molecule has 0 atom stereocenters. The molecule has 0 unspecified atom stereocenters.